The Labute approximate surface area is 116 Å². The molecule has 2 aromatic carbocycles. The molecule has 0 aromatic heterocycles. The number of hydrogen-bond donors (Lipinski definition) is 1. The molecule has 19 heavy (non-hydrogen) atoms. The Bertz CT molecular complexity index is 662. The molecular weight excluding hydrogens is 258 g/mol. The summed E-state index contributed by atoms with van der Waals surface area (Å²) >= 11 is 5.92. The van der Waals surface area contributed by atoms with Crippen LogP contribution in [-0.2, 0) is 11.2 Å². The SMILES string of the molecule is O=C1Nc2cc(Cl)ccc2C1=CCc1ccccc1. The van der Waals surface area contributed by atoms with Crippen molar-refractivity contribution < 1.29 is 4.79 Å². The van der Waals surface area contributed by atoms with Gasteiger partial charge in [0.2, 0.25) is 0 Å². The summed E-state index contributed by atoms with van der Waals surface area (Å²) in [6.45, 7) is 0. The minimum Gasteiger partial charge on any atom is -0.321 e. The molecule has 0 spiro atoms. The van der Waals surface area contributed by atoms with Gasteiger partial charge in [-0.1, -0.05) is 54.1 Å². The van der Waals surface area contributed by atoms with Gasteiger partial charge in [0.1, 0.15) is 0 Å². The van der Waals surface area contributed by atoms with Gasteiger partial charge in [-0.2, -0.15) is 0 Å². The van der Waals surface area contributed by atoms with Gasteiger partial charge in [0.15, 0.2) is 0 Å². The van der Waals surface area contributed by atoms with Crippen LogP contribution < -0.4 is 5.32 Å². The number of carbonyl (C=O) groups excluding carboxylic acids is 1. The molecule has 0 bridgehead atoms. The number of benzene rings is 2. The third-order valence-electron chi connectivity index (χ3n) is 3.15. The summed E-state index contributed by atoms with van der Waals surface area (Å²) in [5.74, 6) is -0.0619. The lowest BCUT2D eigenvalue weighted by molar-refractivity contribution is -0.110. The molecule has 2 nitrogen and oxygen atoms in total. The average molecular weight is 270 g/mol. The highest BCUT2D eigenvalue weighted by atomic mass is 35.5. The van der Waals surface area contributed by atoms with E-state index in [9.17, 15) is 4.79 Å². The number of fused-ring (bicyclic) bond motifs is 1. The molecule has 2 aromatic rings. The summed E-state index contributed by atoms with van der Waals surface area (Å²) in [5.41, 5.74) is 3.61. The molecule has 0 fully saturated rings. The fraction of sp³-hybridized carbons (Fsp3) is 0.0625. The zero-order valence-corrected chi connectivity index (χ0v) is 10.9. The Morgan fingerprint density at radius 3 is 2.68 bits per heavy atom. The Morgan fingerprint density at radius 1 is 1.11 bits per heavy atom. The number of anilines is 1. The molecule has 0 aliphatic carbocycles. The Balaban J connectivity index is 1.92. The standard InChI is InChI=1S/C16H12ClNO/c17-12-7-9-13-14(16(19)18-15(13)10-12)8-6-11-4-2-1-3-5-11/h1-5,7-10H,6H2,(H,18,19). The zero-order chi connectivity index (χ0) is 13.2. The van der Waals surface area contributed by atoms with E-state index in [1.807, 2.05) is 42.5 Å². The van der Waals surface area contributed by atoms with Gasteiger partial charge < -0.3 is 5.32 Å². The van der Waals surface area contributed by atoms with Crippen molar-refractivity contribution in [3.63, 3.8) is 0 Å². The summed E-state index contributed by atoms with van der Waals surface area (Å²) in [5, 5.41) is 3.46. The minimum absolute atomic E-state index is 0.0619. The van der Waals surface area contributed by atoms with Crippen molar-refractivity contribution >= 4 is 28.8 Å². The largest absolute Gasteiger partial charge is 0.321 e. The van der Waals surface area contributed by atoms with Crippen LogP contribution in [0.25, 0.3) is 5.57 Å². The molecule has 94 valence electrons. The van der Waals surface area contributed by atoms with Crippen LogP contribution in [0.15, 0.2) is 54.6 Å². The molecule has 1 aliphatic rings. The second-order valence-corrected chi connectivity index (χ2v) is 4.89. The Hall–Kier alpha value is -2.06. The van der Waals surface area contributed by atoms with Gasteiger partial charge in [-0.3, -0.25) is 4.79 Å². The van der Waals surface area contributed by atoms with E-state index in [0.717, 1.165) is 23.2 Å². The highest BCUT2D eigenvalue weighted by molar-refractivity contribution is 6.34. The first-order chi connectivity index (χ1) is 9.24. The van der Waals surface area contributed by atoms with E-state index in [0.29, 0.717) is 5.02 Å². The van der Waals surface area contributed by atoms with Crippen LogP contribution in [0.1, 0.15) is 11.1 Å². The van der Waals surface area contributed by atoms with E-state index in [1.165, 1.54) is 5.56 Å². The highest BCUT2D eigenvalue weighted by Gasteiger charge is 2.23. The van der Waals surface area contributed by atoms with E-state index in [4.69, 9.17) is 11.6 Å². The smallest absolute Gasteiger partial charge is 0.256 e. The Kier molecular flexibility index (Phi) is 3.10. The van der Waals surface area contributed by atoms with Crippen LogP contribution in [0.5, 0.6) is 0 Å². The van der Waals surface area contributed by atoms with Crippen LogP contribution >= 0.6 is 11.6 Å². The Morgan fingerprint density at radius 2 is 1.89 bits per heavy atom. The first kappa shape index (κ1) is 12.0. The molecule has 1 N–H and O–H groups in total. The van der Waals surface area contributed by atoms with Crippen LogP contribution in [0.4, 0.5) is 5.69 Å². The third-order valence-corrected chi connectivity index (χ3v) is 3.38. The molecule has 3 rings (SSSR count). The molecule has 0 saturated carbocycles. The maximum absolute atomic E-state index is 11.9. The summed E-state index contributed by atoms with van der Waals surface area (Å²) in [7, 11) is 0. The number of hydrogen-bond acceptors (Lipinski definition) is 1. The van der Waals surface area contributed by atoms with Gasteiger partial charge in [0, 0.05) is 16.2 Å². The molecule has 0 unspecified atom stereocenters. The molecule has 0 atom stereocenters. The average Bonchev–Trinajstić information content (AvgIpc) is 2.72. The predicted molar refractivity (Wildman–Crippen MR) is 78.2 cm³/mol. The third kappa shape index (κ3) is 2.40. The topological polar surface area (TPSA) is 29.1 Å². The maximum atomic E-state index is 11.9. The van der Waals surface area contributed by atoms with Crippen molar-refractivity contribution in [3.8, 4) is 0 Å². The van der Waals surface area contributed by atoms with Crippen LogP contribution in [-0.4, -0.2) is 5.91 Å². The van der Waals surface area contributed by atoms with Crippen molar-refractivity contribution in [3.05, 3.63) is 70.8 Å². The normalized spacial score (nSPS) is 15.4. The first-order valence-corrected chi connectivity index (χ1v) is 6.47. The summed E-state index contributed by atoms with van der Waals surface area (Å²) in [6.07, 6.45) is 2.70. The van der Waals surface area contributed by atoms with Crippen molar-refractivity contribution in [1.29, 1.82) is 0 Å². The molecular formula is C16H12ClNO. The van der Waals surface area contributed by atoms with Crippen molar-refractivity contribution in [2.75, 3.05) is 5.32 Å². The maximum Gasteiger partial charge on any atom is 0.256 e. The van der Waals surface area contributed by atoms with Crippen LogP contribution in [0.2, 0.25) is 5.02 Å². The molecule has 3 heteroatoms. The summed E-state index contributed by atoms with van der Waals surface area (Å²) in [4.78, 5) is 11.9. The monoisotopic (exact) mass is 269 g/mol. The lowest BCUT2D eigenvalue weighted by Crippen LogP contribution is -2.03. The van der Waals surface area contributed by atoms with E-state index in [-0.39, 0.29) is 5.91 Å². The van der Waals surface area contributed by atoms with Crippen molar-refractivity contribution in [2.45, 2.75) is 6.42 Å². The van der Waals surface area contributed by atoms with Gasteiger partial charge in [-0.15, -0.1) is 0 Å². The summed E-state index contributed by atoms with van der Waals surface area (Å²) < 4.78 is 0. The lowest BCUT2D eigenvalue weighted by Gasteiger charge is -1.99. The first-order valence-electron chi connectivity index (χ1n) is 6.09. The number of halogens is 1. The molecule has 0 saturated heterocycles. The van der Waals surface area contributed by atoms with Crippen molar-refractivity contribution in [1.82, 2.24) is 0 Å². The second kappa shape index (κ2) is 4.90. The van der Waals surface area contributed by atoms with Gasteiger partial charge in [-0.25, -0.2) is 0 Å². The fourth-order valence-electron chi connectivity index (χ4n) is 2.20. The van der Waals surface area contributed by atoms with E-state index in [2.05, 4.69) is 5.32 Å². The van der Waals surface area contributed by atoms with Gasteiger partial charge in [-0.05, 0) is 24.1 Å². The predicted octanol–water partition coefficient (Wildman–Crippen LogP) is 3.92. The number of nitrogens with one attached hydrogen (secondary N) is 1. The second-order valence-electron chi connectivity index (χ2n) is 4.45. The molecule has 1 heterocycles. The number of carbonyl (C=O) groups is 1. The van der Waals surface area contributed by atoms with Gasteiger partial charge in [0.05, 0.1) is 5.69 Å². The minimum atomic E-state index is -0.0619. The quantitative estimate of drug-likeness (QED) is 0.823. The number of amides is 1. The van der Waals surface area contributed by atoms with Gasteiger partial charge >= 0.3 is 0 Å². The van der Waals surface area contributed by atoms with Crippen LogP contribution in [0.3, 0.4) is 0 Å². The number of allylic oxidation sites excluding steroid dienone is 1. The molecule has 1 amide bonds. The highest BCUT2D eigenvalue weighted by Crippen LogP contribution is 2.33. The van der Waals surface area contributed by atoms with E-state index in [1.54, 1.807) is 12.1 Å². The zero-order valence-electron chi connectivity index (χ0n) is 10.2. The number of rotatable bonds is 2. The van der Waals surface area contributed by atoms with E-state index >= 15 is 0 Å². The van der Waals surface area contributed by atoms with E-state index < -0.39 is 0 Å². The molecule has 1 aliphatic heterocycles. The van der Waals surface area contributed by atoms with Crippen LogP contribution in [0, 0.1) is 0 Å². The molecule has 0 radical (unpaired) electrons. The van der Waals surface area contributed by atoms with Crippen molar-refractivity contribution in [2.24, 2.45) is 0 Å². The lowest BCUT2D eigenvalue weighted by atomic mass is 10.0. The fourth-order valence-corrected chi connectivity index (χ4v) is 2.38. The van der Waals surface area contributed by atoms with Gasteiger partial charge in [0.25, 0.3) is 5.91 Å². The summed E-state index contributed by atoms with van der Waals surface area (Å²) in [6, 6.07) is 15.5.